The third kappa shape index (κ3) is 4.85. The molecule has 0 saturated carbocycles. The number of piperidine rings is 1. The molecular formula is C22H25FN2O4. The molecule has 154 valence electrons. The van der Waals surface area contributed by atoms with Crippen LogP contribution in [0, 0.1) is 11.7 Å². The summed E-state index contributed by atoms with van der Waals surface area (Å²) in [5, 5.41) is 2.92. The molecule has 7 heteroatoms. The summed E-state index contributed by atoms with van der Waals surface area (Å²) in [5.41, 5.74) is 0.838. The number of carbonyl (C=O) groups excluding carboxylic acids is 2. The van der Waals surface area contributed by atoms with E-state index < -0.39 is 5.82 Å². The lowest BCUT2D eigenvalue weighted by Crippen LogP contribution is -2.45. The van der Waals surface area contributed by atoms with E-state index in [1.54, 1.807) is 43.4 Å². The molecule has 0 spiro atoms. The topological polar surface area (TPSA) is 67.9 Å². The third-order valence-electron chi connectivity index (χ3n) is 5.12. The number of methoxy groups -OCH3 is 2. The van der Waals surface area contributed by atoms with Crippen LogP contribution < -0.4 is 14.8 Å². The van der Waals surface area contributed by atoms with Crippen LogP contribution >= 0.6 is 0 Å². The highest BCUT2D eigenvalue weighted by atomic mass is 19.1. The summed E-state index contributed by atoms with van der Waals surface area (Å²) in [6.45, 7) is 1.08. The van der Waals surface area contributed by atoms with Crippen LogP contribution in [0.4, 0.5) is 4.39 Å². The molecule has 6 nitrogen and oxygen atoms in total. The van der Waals surface area contributed by atoms with Crippen molar-refractivity contribution in [2.24, 2.45) is 5.92 Å². The minimum Gasteiger partial charge on any atom is -0.497 e. The first-order chi connectivity index (χ1) is 14.0. The van der Waals surface area contributed by atoms with Gasteiger partial charge in [0.05, 0.1) is 25.7 Å². The highest BCUT2D eigenvalue weighted by Crippen LogP contribution is 2.24. The third-order valence-corrected chi connectivity index (χ3v) is 5.12. The molecule has 29 heavy (non-hydrogen) atoms. The molecule has 0 aromatic heterocycles. The molecule has 1 aliphatic heterocycles. The number of nitrogens with one attached hydrogen (secondary N) is 1. The lowest BCUT2D eigenvalue weighted by Gasteiger charge is -2.32. The molecule has 3 rings (SSSR count). The maximum Gasteiger partial charge on any atom is 0.256 e. The predicted molar refractivity (Wildman–Crippen MR) is 106 cm³/mol. The van der Waals surface area contributed by atoms with Crippen molar-refractivity contribution in [1.82, 2.24) is 10.2 Å². The number of rotatable bonds is 6. The van der Waals surface area contributed by atoms with Gasteiger partial charge in [0.25, 0.3) is 5.91 Å². The second-order valence-corrected chi connectivity index (χ2v) is 6.97. The van der Waals surface area contributed by atoms with Gasteiger partial charge in [0.15, 0.2) is 0 Å². The average molecular weight is 400 g/mol. The Balaban J connectivity index is 1.63. The van der Waals surface area contributed by atoms with Crippen LogP contribution in [0.3, 0.4) is 0 Å². The molecule has 2 aromatic carbocycles. The van der Waals surface area contributed by atoms with E-state index in [-0.39, 0.29) is 36.4 Å². The number of carbonyl (C=O) groups is 2. The fourth-order valence-electron chi connectivity index (χ4n) is 3.53. The molecule has 1 fully saturated rings. The Bertz CT molecular complexity index is 887. The Hall–Kier alpha value is -3.09. The van der Waals surface area contributed by atoms with Gasteiger partial charge in [-0.25, -0.2) is 4.39 Å². The van der Waals surface area contributed by atoms with Crippen molar-refractivity contribution in [1.29, 1.82) is 0 Å². The van der Waals surface area contributed by atoms with Gasteiger partial charge >= 0.3 is 0 Å². The van der Waals surface area contributed by atoms with Gasteiger partial charge in [0, 0.05) is 25.2 Å². The van der Waals surface area contributed by atoms with Gasteiger partial charge in [-0.15, -0.1) is 0 Å². The summed E-state index contributed by atoms with van der Waals surface area (Å²) >= 11 is 0. The second kappa shape index (κ2) is 9.41. The standard InChI is InChI=1S/C22H25FN2O4/c1-28-17-9-10-20(29-2)16(12-17)13-24-21(26)15-6-5-11-25(14-15)22(27)18-7-3-4-8-19(18)23/h3-4,7-10,12,15H,5-6,11,13-14H2,1-2H3,(H,24,26). The van der Waals surface area contributed by atoms with E-state index in [2.05, 4.69) is 5.32 Å². The number of benzene rings is 2. The largest absolute Gasteiger partial charge is 0.497 e. The van der Waals surface area contributed by atoms with Crippen LogP contribution in [0.2, 0.25) is 0 Å². The first kappa shape index (κ1) is 20.6. The van der Waals surface area contributed by atoms with Gasteiger partial charge in [0.1, 0.15) is 17.3 Å². The van der Waals surface area contributed by atoms with Gasteiger partial charge in [0.2, 0.25) is 5.91 Å². The van der Waals surface area contributed by atoms with Gasteiger partial charge < -0.3 is 19.7 Å². The van der Waals surface area contributed by atoms with Crippen molar-refractivity contribution >= 4 is 11.8 Å². The lowest BCUT2D eigenvalue weighted by molar-refractivity contribution is -0.126. The number of amides is 2. The van der Waals surface area contributed by atoms with E-state index in [0.717, 1.165) is 5.56 Å². The van der Waals surface area contributed by atoms with E-state index in [1.807, 2.05) is 6.07 Å². The molecular weight excluding hydrogens is 375 g/mol. The second-order valence-electron chi connectivity index (χ2n) is 6.97. The van der Waals surface area contributed by atoms with Crippen molar-refractivity contribution in [3.05, 3.63) is 59.4 Å². The first-order valence-electron chi connectivity index (χ1n) is 9.56. The van der Waals surface area contributed by atoms with Crippen molar-refractivity contribution < 1.29 is 23.5 Å². The first-order valence-corrected chi connectivity index (χ1v) is 9.56. The van der Waals surface area contributed by atoms with E-state index in [9.17, 15) is 14.0 Å². The zero-order chi connectivity index (χ0) is 20.8. The van der Waals surface area contributed by atoms with Crippen LogP contribution in [0.25, 0.3) is 0 Å². The molecule has 1 atom stereocenters. The molecule has 1 heterocycles. The Kier molecular flexibility index (Phi) is 6.69. The maximum atomic E-state index is 13.9. The van der Waals surface area contributed by atoms with Crippen LogP contribution in [0.5, 0.6) is 11.5 Å². The normalized spacial score (nSPS) is 16.2. The SMILES string of the molecule is COc1ccc(OC)c(CNC(=O)C2CCCN(C(=O)c3ccccc3F)C2)c1. The van der Waals surface area contributed by atoms with E-state index >= 15 is 0 Å². The predicted octanol–water partition coefficient (Wildman–Crippen LogP) is 3.01. The summed E-state index contributed by atoms with van der Waals surface area (Å²) in [4.78, 5) is 26.9. The van der Waals surface area contributed by atoms with Crippen LogP contribution in [-0.4, -0.2) is 44.0 Å². The van der Waals surface area contributed by atoms with Crippen LogP contribution in [-0.2, 0) is 11.3 Å². The number of halogens is 1. The summed E-state index contributed by atoms with van der Waals surface area (Å²) in [6, 6.07) is 11.3. The number of nitrogens with zero attached hydrogens (tertiary/aromatic N) is 1. The molecule has 2 amide bonds. The number of hydrogen-bond donors (Lipinski definition) is 1. The van der Waals surface area contributed by atoms with Gasteiger partial charge in [-0.1, -0.05) is 12.1 Å². The minimum absolute atomic E-state index is 0.0367. The number of hydrogen-bond acceptors (Lipinski definition) is 4. The highest BCUT2D eigenvalue weighted by molar-refractivity contribution is 5.95. The van der Waals surface area contributed by atoms with Gasteiger partial charge in [-0.05, 0) is 43.2 Å². The minimum atomic E-state index is -0.547. The summed E-state index contributed by atoms with van der Waals surface area (Å²) in [5.74, 6) is -0.0679. The van der Waals surface area contributed by atoms with Gasteiger partial charge in [-0.2, -0.15) is 0 Å². The zero-order valence-corrected chi connectivity index (χ0v) is 16.6. The Labute approximate surface area is 169 Å². The van der Waals surface area contributed by atoms with E-state index in [4.69, 9.17) is 9.47 Å². The maximum absolute atomic E-state index is 13.9. The molecule has 0 aliphatic carbocycles. The number of likely N-dealkylation sites (tertiary alicyclic amines) is 1. The molecule has 1 N–H and O–H groups in total. The van der Waals surface area contributed by atoms with Crippen LogP contribution in [0.15, 0.2) is 42.5 Å². The fourth-order valence-corrected chi connectivity index (χ4v) is 3.53. The van der Waals surface area contributed by atoms with E-state index in [0.29, 0.717) is 30.9 Å². The van der Waals surface area contributed by atoms with Gasteiger partial charge in [-0.3, -0.25) is 9.59 Å². The Morgan fingerprint density at radius 3 is 2.69 bits per heavy atom. The van der Waals surface area contributed by atoms with Crippen molar-refractivity contribution in [2.75, 3.05) is 27.3 Å². The fraction of sp³-hybridized carbons (Fsp3) is 0.364. The molecule has 1 saturated heterocycles. The highest BCUT2D eigenvalue weighted by Gasteiger charge is 2.29. The monoisotopic (exact) mass is 400 g/mol. The van der Waals surface area contributed by atoms with Crippen LogP contribution in [0.1, 0.15) is 28.8 Å². The quantitative estimate of drug-likeness (QED) is 0.810. The summed E-state index contributed by atoms with van der Waals surface area (Å²) in [6.07, 6.45) is 1.38. The molecule has 2 aromatic rings. The smallest absolute Gasteiger partial charge is 0.256 e. The number of ether oxygens (including phenoxy) is 2. The van der Waals surface area contributed by atoms with E-state index in [1.165, 1.54) is 12.1 Å². The zero-order valence-electron chi connectivity index (χ0n) is 16.6. The summed E-state index contributed by atoms with van der Waals surface area (Å²) < 4.78 is 24.5. The molecule has 1 unspecified atom stereocenters. The van der Waals surface area contributed by atoms with Crippen molar-refractivity contribution in [3.63, 3.8) is 0 Å². The molecule has 1 aliphatic rings. The Morgan fingerprint density at radius 2 is 1.97 bits per heavy atom. The van der Waals surface area contributed by atoms with Crippen molar-refractivity contribution in [2.45, 2.75) is 19.4 Å². The molecule has 0 radical (unpaired) electrons. The van der Waals surface area contributed by atoms with Crippen molar-refractivity contribution in [3.8, 4) is 11.5 Å². The lowest BCUT2D eigenvalue weighted by atomic mass is 9.96. The summed E-state index contributed by atoms with van der Waals surface area (Å²) in [7, 11) is 3.15. The average Bonchev–Trinajstić information content (AvgIpc) is 2.77. The Morgan fingerprint density at radius 1 is 1.17 bits per heavy atom. The molecule has 0 bridgehead atoms.